The second-order valence-corrected chi connectivity index (χ2v) is 3.12. The van der Waals surface area contributed by atoms with Gasteiger partial charge >= 0.3 is 5.97 Å². The Morgan fingerprint density at radius 2 is 2.31 bits per heavy atom. The van der Waals surface area contributed by atoms with Crippen LogP contribution in [0.3, 0.4) is 0 Å². The number of esters is 1. The lowest BCUT2D eigenvalue weighted by Crippen LogP contribution is -2.08. The molecule has 7 heteroatoms. The average molecular weight is 252 g/mol. The van der Waals surface area contributed by atoms with Gasteiger partial charge in [-0.1, -0.05) is 11.6 Å². The number of rotatable bonds is 3. The second-order valence-electron chi connectivity index (χ2n) is 2.75. The Labute approximate surface area is 94.8 Å². The number of nitrogens with zero attached hydrogens (tertiary/aromatic N) is 1. The minimum atomic E-state index is -2.87. The maximum atomic E-state index is 12.3. The van der Waals surface area contributed by atoms with Crippen LogP contribution in [0.5, 0.6) is 5.75 Å². The van der Waals surface area contributed by atoms with Crippen molar-refractivity contribution in [2.75, 3.05) is 6.61 Å². The lowest BCUT2D eigenvalue weighted by atomic mass is 10.2. The van der Waals surface area contributed by atoms with Crippen LogP contribution in [-0.2, 0) is 4.74 Å². The molecule has 0 aliphatic heterocycles. The van der Waals surface area contributed by atoms with Crippen molar-refractivity contribution in [2.24, 2.45) is 0 Å². The van der Waals surface area contributed by atoms with Gasteiger partial charge < -0.3 is 9.84 Å². The molecule has 0 unspecified atom stereocenters. The third-order valence-electron chi connectivity index (χ3n) is 1.72. The minimum absolute atomic E-state index is 0.0776. The maximum Gasteiger partial charge on any atom is 0.360 e. The summed E-state index contributed by atoms with van der Waals surface area (Å²) in [6.07, 6.45) is -2.14. The summed E-state index contributed by atoms with van der Waals surface area (Å²) in [4.78, 5) is 14.6. The van der Waals surface area contributed by atoms with Crippen molar-refractivity contribution in [3.8, 4) is 5.75 Å². The van der Waals surface area contributed by atoms with E-state index in [4.69, 9.17) is 11.6 Å². The first-order chi connectivity index (χ1) is 7.49. The predicted molar refractivity (Wildman–Crippen MR) is 51.8 cm³/mol. The Balaban J connectivity index is 3.16. The molecule has 0 radical (unpaired) electrons. The molecule has 1 N–H and O–H groups in total. The molecule has 1 aromatic rings. The molecule has 0 bridgehead atoms. The summed E-state index contributed by atoms with van der Waals surface area (Å²) < 4.78 is 29.2. The van der Waals surface area contributed by atoms with Crippen LogP contribution in [0, 0.1) is 0 Å². The van der Waals surface area contributed by atoms with E-state index in [1.54, 1.807) is 6.92 Å². The summed E-state index contributed by atoms with van der Waals surface area (Å²) in [5.41, 5.74) is -1.11. The molecule has 1 rings (SSSR count). The summed E-state index contributed by atoms with van der Waals surface area (Å²) in [6, 6.07) is 0. The van der Waals surface area contributed by atoms with Gasteiger partial charge in [-0.15, -0.1) is 0 Å². The standard InChI is InChI=1S/C9H8ClF2NO3/c1-2-16-9(15)6-7(14)5(10)4(3-13-6)8(11)12/h3,8,14H,2H2,1H3. The fourth-order valence-corrected chi connectivity index (χ4v) is 1.21. The molecule has 0 spiro atoms. The molecule has 0 aliphatic rings. The molecule has 0 saturated heterocycles. The quantitative estimate of drug-likeness (QED) is 0.839. The van der Waals surface area contributed by atoms with E-state index in [0.29, 0.717) is 0 Å². The third-order valence-corrected chi connectivity index (χ3v) is 2.12. The number of pyridine rings is 1. The SMILES string of the molecule is CCOC(=O)c1ncc(C(F)F)c(Cl)c1O. The Morgan fingerprint density at radius 3 is 2.81 bits per heavy atom. The van der Waals surface area contributed by atoms with Crippen molar-refractivity contribution in [3.05, 3.63) is 22.5 Å². The van der Waals surface area contributed by atoms with Gasteiger partial charge in [0.2, 0.25) is 0 Å². The fraction of sp³-hybridized carbons (Fsp3) is 0.333. The number of ether oxygens (including phenoxy) is 1. The van der Waals surface area contributed by atoms with Gasteiger partial charge in [0.1, 0.15) is 0 Å². The summed E-state index contributed by atoms with van der Waals surface area (Å²) >= 11 is 5.46. The van der Waals surface area contributed by atoms with E-state index >= 15 is 0 Å². The Hall–Kier alpha value is -1.43. The summed E-state index contributed by atoms with van der Waals surface area (Å²) in [7, 11) is 0. The molecule has 0 aromatic carbocycles. The van der Waals surface area contributed by atoms with Gasteiger partial charge in [-0.2, -0.15) is 0 Å². The number of carbonyl (C=O) groups is 1. The topological polar surface area (TPSA) is 59.4 Å². The van der Waals surface area contributed by atoms with Crippen molar-refractivity contribution < 1.29 is 23.4 Å². The van der Waals surface area contributed by atoms with Crippen molar-refractivity contribution in [2.45, 2.75) is 13.3 Å². The van der Waals surface area contributed by atoms with Crippen LogP contribution in [0.15, 0.2) is 6.20 Å². The van der Waals surface area contributed by atoms with E-state index < -0.39 is 34.4 Å². The van der Waals surface area contributed by atoms with Gasteiger partial charge in [0.05, 0.1) is 17.2 Å². The number of halogens is 3. The molecule has 0 aliphatic carbocycles. The van der Waals surface area contributed by atoms with Crippen LogP contribution in [0.2, 0.25) is 5.02 Å². The van der Waals surface area contributed by atoms with Gasteiger partial charge in [-0.3, -0.25) is 0 Å². The van der Waals surface area contributed by atoms with Gasteiger partial charge in [0.15, 0.2) is 11.4 Å². The van der Waals surface area contributed by atoms with Crippen LogP contribution in [0.4, 0.5) is 8.78 Å². The van der Waals surface area contributed by atoms with Crippen LogP contribution >= 0.6 is 11.6 Å². The Kier molecular flexibility index (Phi) is 4.00. The fourth-order valence-electron chi connectivity index (χ4n) is 0.994. The average Bonchev–Trinajstić information content (AvgIpc) is 2.21. The number of carbonyl (C=O) groups excluding carboxylic acids is 1. The van der Waals surface area contributed by atoms with Crippen LogP contribution in [-0.4, -0.2) is 22.7 Å². The highest BCUT2D eigenvalue weighted by Gasteiger charge is 2.22. The predicted octanol–water partition coefficient (Wildman–Crippen LogP) is 2.55. The molecular weight excluding hydrogens is 244 g/mol. The normalized spacial score (nSPS) is 10.6. The zero-order valence-electron chi connectivity index (χ0n) is 8.21. The third kappa shape index (κ3) is 2.38. The highest BCUT2D eigenvalue weighted by Crippen LogP contribution is 2.34. The van der Waals surface area contributed by atoms with Gasteiger partial charge in [0.25, 0.3) is 6.43 Å². The molecular formula is C9H8ClF2NO3. The van der Waals surface area contributed by atoms with Crippen LogP contribution in [0.1, 0.15) is 29.4 Å². The van der Waals surface area contributed by atoms with E-state index in [1.165, 1.54) is 0 Å². The van der Waals surface area contributed by atoms with Crippen molar-refractivity contribution in [1.82, 2.24) is 4.98 Å². The molecule has 16 heavy (non-hydrogen) atoms. The molecule has 4 nitrogen and oxygen atoms in total. The number of hydrogen-bond acceptors (Lipinski definition) is 4. The lowest BCUT2D eigenvalue weighted by molar-refractivity contribution is 0.0515. The van der Waals surface area contributed by atoms with Crippen molar-refractivity contribution in [1.29, 1.82) is 0 Å². The van der Waals surface area contributed by atoms with Crippen molar-refractivity contribution in [3.63, 3.8) is 0 Å². The monoisotopic (exact) mass is 251 g/mol. The van der Waals surface area contributed by atoms with Crippen LogP contribution in [0.25, 0.3) is 0 Å². The number of aromatic nitrogens is 1. The molecule has 0 fully saturated rings. The van der Waals surface area contributed by atoms with E-state index in [2.05, 4.69) is 9.72 Å². The number of hydrogen-bond donors (Lipinski definition) is 1. The zero-order chi connectivity index (χ0) is 12.3. The summed E-state index contributed by atoms with van der Waals surface area (Å²) in [5.74, 6) is -1.71. The molecule has 1 aromatic heterocycles. The molecule has 88 valence electrons. The molecule has 1 heterocycles. The van der Waals surface area contributed by atoms with E-state index in [0.717, 1.165) is 6.20 Å². The first-order valence-electron chi connectivity index (χ1n) is 4.31. The second kappa shape index (κ2) is 5.07. The smallest absolute Gasteiger partial charge is 0.360 e. The molecule has 0 amide bonds. The highest BCUT2D eigenvalue weighted by atomic mass is 35.5. The Morgan fingerprint density at radius 1 is 1.69 bits per heavy atom. The largest absolute Gasteiger partial charge is 0.504 e. The van der Waals surface area contributed by atoms with Crippen LogP contribution < -0.4 is 0 Å². The number of alkyl halides is 2. The molecule has 0 saturated carbocycles. The van der Waals surface area contributed by atoms with Gasteiger partial charge in [-0.05, 0) is 6.92 Å². The van der Waals surface area contributed by atoms with E-state index in [9.17, 15) is 18.7 Å². The first kappa shape index (κ1) is 12.6. The highest BCUT2D eigenvalue weighted by molar-refractivity contribution is 6.33. The van der Waals surface area contributed by atoms with Gasteiger partial charge in [-0.25, -0.2) is 18.6 Å². The summed E-state index contributed by atoms with van der Waals surface area (Å²) in [5, 5.41) is 8.81. The van der Waals surface area contributed by atoms with Gasteiger partial charge in [0, 0.05) is 6.20 Å². The van der Waals surface area contributed by atoms with E-state index in [-0.39, 0.29) is 6.61 Å². The maximum absolute atomic E-state index is 12.3. The van der Waals surface area contributed by atoms with E-state index in [1.807, 2.05) is 0 Å². The minimum Gasteiger partial charge on any atom is -0.504 e. The lowest BCUT2D eigenvalue weighted by Gasteiger charge is -2.08. The van der Waals surface area contributed by atoms with Crippen molar-refractivity contribution >= 4 is 17.6 Å². The first-order valence-corrected chi connectivity index (χ1v) is 4.69. The molecule has 0 atom stereocenters. The Bertz CT molecular complexity index is 412. The number of aromatic hydroxyl groups is 1. The zero-order valence-corrected chi connectivity index (χ0v) is 8.96. The summed E-state index contributed by atoms with van der Waals surface area (Å²) in [6.45, 7) is 1.64.